The van der Waals surface area contributed by atoms with E-state index < -0.39 is 0 Å². The molecule has 3 rings (SSSR count). The normalized spacial score (nSPS) is 10.6. The van der Waals surface area contributed by atoms with Gasteiger partial charge >= 0.3 is 0 Å². The number of aliphatic hydroxyl groups is 1. The summed E-state index contributed by atoms with van der Waals surface area (Å²) in [6, 6.07) is 11.5. The van der Waals surface area contributed by atoms with Crippen LogP contribution in [0.25, 0.3) is 10.7 Å². The zero-order chi connectivity index (χ0) is 16.8. The van der Waals surface area contributed by atoms with Gasteiger partial charge in [-0.3, -0.25) is 4.98 Å². The molecule has 2 aromatic heterocycles. The van der Waals surface area contributed by atoms with Crippen molar-refractivity contribution in [3.8, 4) is 16.5 Å². The molecule has 0 fully saturated rings. The van der Waals surface area contributed by atoms with Gasteiger partial charge in [-0.2, -0.15) is 0 Å². The molecule has 0 unspecified atom stereocenters. The molecular weight excluding hydrogens is 322 g/mol. The van der Waals surface area contributed by atoms with E-state index in [0.29, 0.717) is 13.2 Å². The summed E-state index contributed by atoms with van der Waals surface area (Å²) in [6.45, 7) is 3.07. The van der Waals surface area contributed by atoms with Gasteiger partial charge in [0.05, 0.1) is 31.1 Å². The summed E-state index contributed by atoms with van der Waals surface area (Å²) in [5.41, 5.74) is 3.54. The molecule has 0 aliphatic heterocycles. The average Bonchev–Trinajstić information content (AvgIpc) is 3.11. The topological polar surface area (TPSA) is 67.3 Å². The van der Waals surface area contributed by atoms with E-state index in [0.717, 1.165) is 33.4 Å². The zero-order valence-corrected chi connectivity index (χ0v) is 14.2. The molecule has 0 amide bonds. The van der Waals surface area contributed by atoms with E-state index in [4.69, 9.17) is 4.74 Å². The third kappa shape index (κ3) is 3.90. The highest BCUT2D eigenvalue weighted by Crippen LogP contribution is 2.25. The fourth-order valence-electron chi connectivity index (χ4n) is 2.30. The van der Waals surface area contributed by atoms with Crippen LogP contribution >= 0.6 is 11.3 Å². The summed E-state index contributed by atoms with van der Waals surface area (Å²) >= 11 is 1.58. The highest BCUT2D eigenvalue weighted by atomic mass is 32.1. The van der Waals surface area contributed by atoms with Crippen molar-refractivity contribution in [1.82, 2.24) is 9.97 Å². The molecule has 0 atom stereocenters. The molecule has 0 saturated carbocycles. The first kappa shape index (κ1) is 16.4. The second-order valence-electron chi connectivity index (χ2n) is 5.13. The highest BCUT2D eigenvalue weighted by Gasteiger charge is 2.07. The lowest BCUT2D eigenvalue weighted by atomic mass is 10.2. The largest absolute Gasteiger partial charge is 0.494 e. The SMILES string of the molecule is CCOc1ccc(NCc2csc(-c3ccccn3)n2)cc1CO. The molecule has 5 nitrogen and oxygen atoms in total. The quantitative estimate of drug-likeness (QED) is 0.686. The second-order valence-corrected chi connectivity index (χ2v) is 5.98. The molecule has 6 heteroatoms. The van der Waals surface area contributed by atoms with E-state index in [1.54, 1.807) is 17.5 Å². The number of hydrogen-bond acceptors (Lipinski definition) is 6. The molecule has 3 aromatic rings. The Labute approximate surface area is 145 Å². The Hall–Kier alpha value is -2.44. The van der Waals surface area contributed by atoms with Crippen LogP contribution in [0.1, 0.15) is 18.2 Å². The van der Waals surface area contributed by atoms with Gasteiger partial charge in [-0.15, -0.1) is 11.3 Å². The lowest BCUT2D eigenvalue weighted by Crippen LogP contribution is -2.02. The van der Waals surface area contributed by atoms with Crippen LogP contribution in [0, 0.1) is 0 Å². The molecule has 24 heavy (non-hydrogen) atoms. The van der Waals surface area contributed by atoms with Crippen LogP contribution in [-0.2, 0) is 13.2 Å². The Morgan fingerprint density at radius 2 is 2.17 bits per heavy atom. The number of ether oxygens (including phenoxy) is 1. The van der Waals surface area contributed by atoms with Crippen LogP contribution in [0.3, 0.4) is 0 Å². The smallest absolute Gasteiger partial charge is 0.142 e. The fraction of sp³-hybridized carbons (Fsp3) is 0.222. The number of benzene rings is 1. The van der Waals surface area contributed by atoms with Crippen molar-refractivity contribution in [1.29, 1.82) is 0 Å². The lowest BCUT2D eigenvalue weighted by molar-refractivity contribution is 0.267. The lowest BCUT2D eigenvalue weighted by Gasteiger charge is -2.11. The predicted molar refractivity (Wildman–Crippen MR) is 96.2 cm³/mol. The Morgan fingerprint density at radius 1 is 1.25 bits per heavy atom. The van der Waals surface area contributed by atoms with Crippen molar-refractivity contribution in [3.63, 3.8) is 0 Å². The number of nitrogens with zero attached hydrogens (tertiary/aromatic N) is 2. The first-order valence-corrected chi connectivity index (χ1v) is 8.64. The van der Waals surface area contributed by atoms with Crippen LogP contribution in [0.2, 0.25) is 0 Å². The van der Waals surface area contributed by atoms with Crippen molar-refractivity contribution < 1.29 is 9.84 Å². The zero-order valence-electron chi connectivity index (χ0n) is 13.4. The first-order valence-electron chi connectivity index (χ1n) is 7.76. The van der Waals surface area contributed by atoms with Crippen molar-refractivity contribution >= 4 is 17.0 Å². The minimum atomic E-state index is -0.0502. The van der Waals surface area contributed by atoms with Gasteiger partial charge in [0, 0.05) is 22.8 Å². The summed E-state index contributed by atoms with van der Waals surface area (Å²) in [6.07, 6.45) is 1.77. The van der Waals surface area contributed by atoms with E-state index in [1.807, 2.05) is 48.7 Å². The summed E-state index contributed by atoms with van der Waals surface area (Å²) in [5, 5.41) is 15.7. The predicted octanol–water partition coefficient (Wildman–Crippen LogP) is 3.71. The standard InChI is InChI=1S/C18H19N3O2S/c1-2-23-17-7-6-14(9-13(17)11-22)20-10-15-12-24-18(21-15)16-5-3-4-8-19-16/h3-9,12,20,22H,2,10-11H2,1H3. The Bertz CT molecular complexity index is 790. The second kappa shape index (κ2) is 7.90. The van der Waals surface area contributed by atoms with Crippen LogP contribution in [0.4, 0.5) is 5.69 Å². The molecule has 0 bridgehead atoms. The number of aliphatic hydroxyl groups excluding tert-OH is 1. The van der Waals surface area contributed by atoms with E-state index in [-0.39, 0.29) is 6.61 Å². The minimum absolute atomic E-state index is 0.0502. The Kier molecular flexibility index (Phi) is 5.40. The summed E-state index contributed by atoms with van der Waals surface area (Å²) in [4.78, 5) is 8.92. The number of aromatic nitrogens is 2. The molecular formula is C18H19N3O2S. The molecule has 1 aromatic carbocycles. The van der Waals surface area contributed by atoms with E-state index in [2.05, 4.69) is 15.3 Å². The fourth-order valence-corrected chi connectivity index (χ4v) is 3.09. The van der Waals surface area contributed by atoms with Crippen molar-refractivity contribution in [2.75, 3.05) is 11.9 Å². The van der Waals surface area contributed by atoms with Gasteiger partial charge < -0.3 is 15.2 Å². The van der Waals surface area contributed by atoms with Crippen LogP contribution in [0.5, 0.6) is 5.75 Å². The van der Waals surface area contributed by atoms with Crippen LogP contribution in [0.15, 0.2) is 48.0 Å². The first-order chi connectivity index (χ1) is 11.8. The third-order valence-electron chi connectivity index (χ3n) is 3.44. The number of rotatable bonds is 7. The van der Waals surface area contributed by atoms with Crippen molar-refractivity contribution in [3.05, 3.63) is 59.2 Å². The van der Waals surface area contributed by atoms with Gasteiger partial charge in [-0.25, -0.2) is 4.98 Å². The van der Waals surface area contributed by atoms with Gasteiger partial charge in [-0.05, 0) is 37.3 Å². The molecule has 0 spiro atoms. The van der Waals surface area contributed by atoms with Crippen LogP contribution in [-0.4, -0.2) is 21.7 Å². The summed E-state index contributed by atoms with van der Waals surface area (Å²) in [7, 11) is 0. The maximum Gasteiger partial charge on any atom is 0.142 e. The molecule has 124 valence electrons. The third-order valence-corrected chi connectivity index (χ3v) is 4.35. The molecule has 2 heterocycles. The highest BCUT2D eigenvalue weighted by molar-refractivity contribution is 7.13. The van der Waals surface area contributed by atoms with Gasteiger partial charge in [0.15, 0.2) is 0 Å². The van der Waals surface area contributed by atoms with E-state index in [1.165, 1.54) is 0 Å². The molecule has 0 aliphatic rings. The number of nitrogens with one attached hydrogen (secondary N) is 1. The van der Waals surface area contributed by atoms with Crippen molar-refractivity contribution in [2.24, 2.45) is 0 Å². The maximum atomic E-state index is 9.46. The Morgan fingerprint density at radius 3 is 2.92 bits per heavy atom. The molecule has 2 N–H and O–H groups in total. The minimum Gasteiger partial charge on any atom is -0.494 e. The molecule has 0 saturated heterocycles. The Balaban J connectivity index is 1.67. The number of anilines is 1. The van der Waals surface area contributed by atoms with E-state index >= 15 is 0 Å². The number of pyridine rings is 1. The average molecular weight is 341 g/mol. The van der Waals surface area contributed by atoms with Crippen molar-refractivity contribution in [2.45, 2.75) is 20.1 Å². The summed E-state index contributed by atoms with van der Waals surface area (Å²) in [5.74, 6) is 0.719. The molecule has 0 radical (unpaired) electrons. The number of thiazole rings is 1. The maximum absolute atomic E-state index is 9.46. The van der Waals surface area contributed by atoms with Gasteiger partial charge in [0.25, 0.3) is 0 Å². The van der Waals surface area contributed by atoms with E-state index in [9.17, 15) is 5.11 Å². The molecule has 0 aliphatic carbocycles. The van der Waals surface area contributed by atoms with Gasteiger partial charge in [-0.1, -0.05) is 6.07 Å². The summed E-state index contributed by atoms with van der Waals surface area (Å²) < 4.78 is 5.49. The van der Waals surface area contributed by atoms with Crippen LogP contribution < -0.4 is 10.1 Å². The monoisotopic (exact) mass is 341 g/mol. The van der Waals surface area contributed by atoms with Gasteiger partial charge in [0.1, 0.15) is 10.8 Å². The number of hydrogen-bond donors (Lipinski definition) is 2. The van der Waals surface area contributed by atoms with Gasteiger partial charge in [0.2, 0.25) is 0 Å².